The molecule has 140 valence electrons. The van der Waals surface area contributed by atoms with Gasteiger partial charge >= 0.3 is 18.0 Å². The average Bonchev–Trinajstić information content (AvgIpc) is 2.54. The topological polar surface area (TPSA) is 54.0 Å². The summed E-state index contributed by atoms with van der Waals surface area (Å²) in [4.78, 5) is 15.3. The van der Waals surface area contributed by atoms with Crippen LogP contribution in [0.15, 0.2) is 48.7 Å². The van der Waals surface area contributed by atoms with Crippen molar-refractivity contribution in [3.8, 4) is 0 Å². The van der Waals surface area contributed by atoms with Crippen molar-refractivity contribution in [1.82, 2.24) is 10.3 Å². The molecule has 1 aromatic carbocycles. The monoisotopic (exact) mass is 381 g/mol. The van der Waals surface area contributed by atoms with Crippen molar-refractivity contribution in [2.24, 2.45) is 0 Å². The molecule has 1 heterocycles. The molecule has 0 saturated heterocycles. The van der Waals surface area contributed by atoms with Gasteiger partial charge in [-0.1, -0.05) is 6.07 Å². The van der Waals surface area contributed by atoms with Crippen LogP contribution in [0.2, 0.25) is 0 Å². The van der Waals surface area contributed by atoms with Gasteiger partial charge in [0.15, 0.2) is 0 Å². The first kappa shape index (κ1) is 19.5. The second-order valence-corrected chi connectivity index (χ2v) is 5.05. The third-order valence-corrected chi connectivity index (χ3v) is 3.23. The molecule has 2 rings (SSSR count). The van der Waals surface area contributed by atoms with Crippen molar-refractivity contribution >= 4 is 11.6 Å². The molecule has 0 bridgehead atoms. The highest BCUT2D eigenvalue weighted by Crippen LogP contribution is 2.43. The number of nitrogens with one attached hydrogen (secondary N) is 2. The summed E-state index contributed by atoms with van der Waals surface area (Å²) in [5.41, 5.74) is -6.17. The van der Waals surface area contributed by atoms with Crippen LogP contribution in [0.3, 0.4) is 0 Å². The third-order valence-electron chi connectivity index (χ3n) is 3.23. The van der Waals surface area contributed by atoms with E-state index in [9.17, 15) is 35.5 Å². The fraction of sp³-hybridized carbons (Fsp3) is 0.200. The van der Waals surface area contributed by atoms with Crippen molar-refractivity contribution in [3.63, 3.8) is 0 Å². The number of rotatable bonds is 4. The maximum absolute atomic E-state index is 13.4. The fourth-order valence-electron chi connectivity index (χ4n) is 1.96. The number of hydrogen-bond donors (Lipinski definition) is 2. The van der Waals surface area contributed by atoms with E-state index < -0.39 is 41.1 Å². The molecule has 0 fully saturated rings. The number of nitrogens with zero attached hydrogens (tertiary/aromatic N) is 1. The minimum atomic E-state index is -5.98. The van der Waals surface area contributed by atoms with Gasteiger partial charge in [-0.2, -0.15) is 26.3 Å². The summed E-state index contributed by atoms with van der Waals surface area (Å²) in [6.07, 6.45) is -10.9. The predicted molar refractivity (Wildman–Crippen MR) is 76.6 cm³/mol. The van der Waals surface area contributed by atoms with E-state index >= 15 is 0 Å². The highest BCUT2D eigenvalue weighted by molar-refractivity contribution is 5.93. The van der Waals surface area contributed by atoms with Crippen LogP contribution in [-0.4, -0.2) is 28.9 Å². The first-order valence-corrected chi connectivity index (χ1v) is 6.87. The largest absolute Gasteiger partial charge is 0.439 e. The predicted octanol–water partition coefficient (Wildman–Crippen LogP) is 3.88. The van der Waals surface area contributed by atoms with Crippen molar-refractivity contribution in [2.75, 3.05) is 5.32 Å². The van der Waals surface area contributed by atoms with Crippen LogP contribution in [0.25, 0.3) is 0 Å². The number of anilines is 1. The molecule has 0 saturated carbocycles. The second-order valence-electron chi connectivity index (χ2n) is 5.05. The maximum atomic E-state index is 13.4. The number of benzene rings is 1. The van der Waals surface area contributed by atoms with Crippen molar-refractivity contribution in [3.05, 3.63) is 60.2 Å². The Morgan fingerprint density at radius 3 is 1.92 bits per heavy atom. The Morgan fingerprint density at radius 1 is 0.885 bits per heavy atom. The van der Waals surface area contributed by atoms with E-state index in [1.54, 1.807) is 0 Å². The number of carbonyl (C=O) groups is 1. The van der Waals surface area contributed by atoms with Gasteiger partial charge in [0.25, 0.3) is 5.91 Å². The van der Waals surface area contributed by atoms with E-state index in [1.807, 2.05) is 0 Å². The Bertz CT molecular complexity index is 744. The summed E-state index contributed by atoms with van der Waals surface area (Å²) in [5.74, 6) is -2.56. The summed E-state index contributed by atoms with van der Waals surface area (Å²) in [6, 6.07) is 6.18. The van der Waals surface area contributed by atoms with Gasteiger partial charge in [0, 0.05) is 11.9 Å². The molecular weight excluding hydrogens is 371 g/mol. The number of pyridine rings is 1. The Morgan fingerprint density at radius 2 is 1.46 bits per heavy atom. The molecule has 0 atom stereocenters. The van der Waals surface area contributed by atoms with E-state index in [4.69, 9.17) is 0 Å². The minimum absolute atomic E-state index is 0.647. The molecule has 0 spiro atoms. The molecule has 0 aliphatic carbocycles. The average molecular weight is 381 g/mol. The molecule has 1 aromatic heterocycles. The Balaban J connectivity index is 2.49. The molecule has 4 nitrogen and oxygen atoms in total. The number of carbonyl (C=O) groups excluding carboxylic acids is 1. The zero-order valence-electron chi connectivity index (χ0n) is 12.6. The summed E-state index contributed by atoms with van der Waals surface area (Å²) in [5, 5.41) is 2.16. The molecule has 11 heteroatoms. The first-order valence-electron chi connectivity index (χ1n) is 6.87. The summed E-state index contributed by atoms with van der Waals surface area (Å²) >= 11 is 0. The summed E-state index contributed by atoms with van der Waals surface area (Å²) < 4.78 is 93.4. The van der Waals surface area contributed by atoms with Crippen molar-refractivity contribution in [1.29, 1.82) is 0 Å². The zero-order valence-corrected chi connectivity index (χ0v) is 12.6. The van der Waals surface area contributed by atoms with Gasteiger partial charge in [-0.3, -0.25) is 9.78 Å². The second kappa shape index (κ2) is 6.81. The molecule has 0 unspecified atom stereocenters. The van der Waals surface area contributed by atoms with Gasteiger partial charge in [-0.15, -0.1) is 0 Å². The Kier molecular flexibility index (Phi) is 5.10. The minimum Gasteiger partial charge on any atom is -0.348 e. The standard InChI is InChI=1S/C15H10F7N3O/c16-9-4-6-10(7-5-9)24-13(14(17,18)19,15(20,21)22)25-12(26)11-3-1-2-8-23-11/h1-8,24H,(H,25,26). The molecule has 2 N–H and O–H groups in total. The Labute approximate surface area is 142 Å². The quantitative estimate of drug-likeness (QED) is 0.624. The van der Waals surface area contributed by atoms with Gasteiger partial charge in [-0.05, 0) is 36.4 Å². The molecule has 2 aromatic rings. The fourth-order valence-corrected chi connectivity index (χ4v) is 1.96. The molecule has 1 amide bonds. The number of halogens is 7. The lowest BCUT2D eigenvalue weighted by Gasteiger charge is -2.38. The van der Waals surface area contributed by atoms with E-state index in [-0.39, 0.29) is 0 Å². The van der Waals surface area contributed by atoms with Crippen LogP contribution in [0.1, 0.15) is 10.5 Å². The van der Waals surface area contributed by atoms with Crippen LogP contribution in [0.4, 0.5) is 36.4 Å². The van der Waals surface area contributed by atoms with E-state index in [1.165, 1.54) is 17.4 Å². The number of amides is 1. The zero-order chi connectivity index (χ0) is 19.6. The van der Waals surface area contributed by atoms with Gasteiger partial charge in [0.05, 0.1) is 0 Å². The maximum Gasteiger partial charge on any atom is 0.439 e. The molecule has 26 heavy (non-hydrogen) atoms. The van der Waals surface area contributed by atoms with Crippen LogP contribution in [0.5, 0.6) is 0 Å². The normalized spacial score (nSPS) is 12.6. The van der Waals surface area contributed by atoms with Gasteiger partial charge in [0.1, 0.15) is 11.5 Å². The Hall–Kier alpha value is -2.85. The van der Waals surface area contributed by atoms with Gasteiger partial charge in [0.2, 0.25) is 0 Å². The van der Waals surface area contributed by atoms with Gasteiger partial charge in [-0.25, -0.2) is 4.39 Å². The highest BCUT2D eigenvalue weighted by atomic mass is 19.4. The molecular formula is C15H10F7N3O. The summed E-state index contributed by atoms with van der Waals surface area (Å²) in [7, 11) is 0. The number of alkyl halides is 6. The first-order chi connectivity index (χ1) is 12.0. The van der Waals surface area contributed by atoms with E-state index in [2.05, 4.69) is 4.98 Å². The van der Waals surface area contributed by atoms with Gasteiger partial charge < -0.3 is 10.6 Å². The lowest BCUT2D eigenvalue weighted by Crippen LogP contribution is -2.72. The highest BCUT2D eigenvalue weighted by Gasteiger charge is 2.72. The van der Waals surface area contributed by atoms with Crippen LogP contribution in [-0.2, 0) is 0 Å². The number of hydrogen-bond acceptors (Lipinski definition) is 3. The molecule has 0 aliphatic heterocycles. The smallest absolute Gasteiger partial charge is 0.348 e. The number of aromatic nitrogens is 1. The SMILES string of the molecule is O=C(NC(Nc1ccc(F)cc1)(C(F)(F)F)C(F)(F)F)c1ccccn1. The third kappa shape index (κ3) is 3.86. The van der Waals surface area contributed by atoms with E-state index in [0.717, 1.165) is 17.6 Å². The molecule has 0 radical (unpaired) electrons. The lowest BCUT2D eigenvalue weighted by atomic mass is 10.1. The van der Waals surface area contributed by atoms with Crippen molar-refractivity contribution in [2.45, 2.75) is 18.0 Å². The van der Waals surface area contributed by atoms with Crippen LogP contribution < -0.4 is 10.6 Å². The lowest BCUT2D eigenvalue weighted by molar-refractivity contribution is -0.294. The summed E-state index contributed by atoms with van der Waals surface area (Å²) in [6.45, 7) is 0. The van der Waals surface area contributed by atoms with Crippen molar-refractivity contribution < 1.29 is 35.5 Å². The molecule has 0 aliphatic rings. The van der Waals surface area contributed by atoms with Crippen LogP contribution in [0, 0.1) is 5.82 Å². The van der Waals surface area contributed by atoms with Crippen LogP contribution >= 0.6 is 0 Å². The van der Waals surface area contributed by atoms with E-state index in [0.29, 0.717) is 24.3 Å².